The maximum absolute atomic E-state index is 13.3. The van der Waals surface area contributed by atoms with E-state index < -0.39 is 0 Å². The Labute approximate surface area is 208 Å². The monoisotopic (exact) mass is 493 g/mol. The fourth-order valence-electron chi connectivity index (χ4n) is 5.90. The van der Waals surface area contributed by atoms with Crippen molar-refractivity contribution in [3.63, 3.8) is 0 Å². The van der Waals surface area contributed by atoms with Crippen molar-refractivity contribution in [3.8, 4) is 0 Å². The van der Waals surface area contributed by atoms with E-state index in [4.69, 9.17) is 9.47 Å². The number of amides is 1. The van der Waals surface area contributed by atoms with Crippen molar-refractivity contribution < 1.29 is 14.3 Å². The van der Waals surface area contributed by atoms with Gasteiger partial charge in [0.15, 0.2) is 5.65 Å². The fourth-order valence-corrected chi connectivity index (χ4v) is 5.90. The molecule has 2 saturated carbocycles. The van der Waals surface area contributed by atoms with Gasteiger partial charge in [0.05, 0.1) is 31.6 Å². The minimum atomic E-state index is -0.226. The minimum Gasteiger partial charge on any atom is -0.381 e. The van der Waals surface area contributed by atoms with Crippen LogP contribution in [0.5, 0.6) is 0 Å². The quantitative estimate of drug-likeness (QED) is 0.458. The van der Waals surface area contributed by atoms with Crippen LogP contribution in [0.3, 0.4) is 0 Å². The summed E-state index contributed by atoms with van der Waals surface area (Å²) in [6.07, 6.45) is 6.12. The number of nitrogens with zero attached hydrogens (tertiary/aromatic N) is 4. The van der Waals surface area contributed by atoms with Crippen LogP contribution in [0, 0.1) is 11.3 Å². The summed E-state index contributed by atoms with van der Waals surface area (Å²) < 4.78 is 14.4. The summed E-state index contributed by atoms with van der Waals surface area (Å²) in [6, 6.07) is 5.57. The van der Waals surface area contributed by atoms with Crippen molar-refractivity contribution in [2.75, 3.05) is 38.0 Å². The van der Waals surface area contributed by atoms with Gasteiger partial charge in [-0.15, -0.1) is 0 Å². The van der Waals surface area contributed by atoms with Crippen molar-refractivity contribution in [1.82, 2.24) is 24.5 Å². The highest BCUT2D eigenvalue weighted by molar-refractivity contribution is 6.00. The van der Waals surface area contributed by atoms with Gasteiger partial charge in [-0.1, -0.05) is 6.92 Å². The molecule has 1 unspecified atom stereocenters. The Morgan fingerprint density at radius 3 is 2.92 bits per heavy atom. The van der Waals surface area contributed by atoms with E-state index in [2.05, 4.69) is 33.0 Å². The molecule has 1 amide bonds. The van der Waals surface area contributed by atoms with E-state index in [1.165, 1.54) is 6.20 Å². The topological polar surface area (TPSA) is 124 Å². The van der Waals surface area contributed by atoms with Crippen LogP contribution in [0.1, 0.15) is 42.6 Å². The van der Waals surface area contributed by atoms with E-state index in [1.54, 1.807) is 35.4 Å². The zero-order valence-electron chi connectivity index (χ0n) is 20.7. The predicted molar refractivity (Wildman–Crippen MR) is 134 cm³/mol. The Balaban J connectivity index is 1.28. The Bertz CT molecular complexity index is 1380. The summed E-state index contributed by atoms with van der Waals surface area (Å²) in [5.41, 5.74) is 1.11. The molecular formula is C25H31N7O4. The third-order valence-electron chi connectivity index (χ3n) is 8.07. The van der Waals surface area contributed by atoms with E-state index >= 15 is 0 Å². The predicted octanol–water partition coefficient (Wildman–Crippen LogP) is 2.18. The van der Waals surface area contributed by atoms with E-state index in [-0.39, 0.29) is 35.1 Å². The molecule has 4 heterocycles. The highest BCUT2D eigenvalue weighted by atomic mass is 16.5. The van der Waals surface area contributed by atoms with Crippen molar-refractivity contribution in [3.05, 3.63) is 46.5 Å². The van der Waals surface area contributed by atoms with Crippen LogP contribution in [-0.4, -0.2) is 64.6 Å². The molecule has 3 N–H and O–H groups in total. The molecule has 36 heavy (non-hydrogen) atoms. The number of carbonyl (C=O) groups excluding carboxylic acids is 1. The van der Waals surface area contributed by atoms with Crippen LogP contribution in [0.2, 0.25) is 0 Å². The van der Waals surface area contributed by atoms with Crippen LogP contribution in [-0.2, 0) is 9.47 Å². The van der Waals surface area contributed by atoms with Gasteiger partial charge >= 0.3 is 0 Å². The molecule has 190 valence electrons. The fraction of sp³-hybridized carbons (Fsp3) is 0.520. The highest BCUT2D eigenvalue weighted by Gasteiger charge is 2.66. The molecule has 1 saturated heterocycles. The summed E-state index contributed by atoms with van der Waals surface area (Å²) in [4.78, 5) is 31.1. The normalized spacial score (nSPS) is 28.8. The molecule has 6 rings (SSSR count). The molecule has 5 atom stereocenters. The van der Waals surface area contributed by atoms with Gasteiger partial charge in [-0.3, -0.25) is 9.59 Å². The number of hydrogen-bond donors (Lipinski definition) is 3. The number of ether oxygens (including phenoxy) is 2. The second-order valence-corrected chi connectivity index (χ2v) is 10.2. The Morgan fingerprint density at radius 2 is 2.19 bits per heavy atom. The first-order valence-corrected chi connectivity index (χ1v) is 12.4. The second kappa shape index (κ2) is 8.59. The summed E-state index contributed by atoms with van der Waals surface area (Å²) >= 11 is 0. The molecular weight excluding hydrogens is 462 g/mol. The van der Waals surface area contributed by atoms with Gasteiger partial charge in [0.25, 0.3) is 11.5 Å². The van der Waals surface area contributed by atoms with Gasteiger partial charge in [0, 0.05) is 43.8 Å². The Hall–Kier alpha value is -3.44. The van der Waals surface area contributed by atoms with Gasteiger partial charge in [-0.25, -0.2) is 4.98 Å². The van der Waals surface area contributed by atoms with Crippen LogP contribution in [0.4, 0.5) is 17.3 Å². The van der Waals surface area contributed by atoms with Gasteiger partial charge in [-0.05, 0) is 31.4 Å². The lowest BCUT2D eigenvalue weighted by atomic mass is 10.1. The summed E-state index contributed by atoms with van der Waals surface area (Å²) in [7, 11) is 3.47. The van der Waals surface area contributed by atoms with Crippen LogP contribution in [0.15, 0.2) is 35.4 Å². The Morgan fingerprint density at radius 1 is 1.33 bits per heavy atom. The number of hydrogen-bond acceptors (Lipinski definition) is 8. The number of fused-ring (bicyclic) bond motifs is 2. The van der Waals surface area contributed by atoms with Gasteiger partial charge in [0.2, 0.25) is 0 Å². The maximum Gasteiger partial charge on any atom is 0.274 e. The van der Waals surface area contributed by atoms with Crippen molar-refractivity contribution in [2.24, 2.45) is 11.3 Å². The third-order valence-corrected chi connectivity index (χ3v) is 8.07. The first-order valence-electron chi connectivity index (χ1n) is 12.4. The molecule has 0 aromatic carbocycles. The lowest BCUT2D eigenvalue weighted by Gasteiger charge is -2.15. The van der Waals surface area contributed by atoms with Gasteiger partial charge < -0.3 is 30.0 Å². The lowest BCUT2D eigenvalue weighted by Crippen LogP contribution is -2.33. The zero-order chi connectivity index (χ0) is 25.0. The SMILES string of the molecule is CNc1cc(Nc2cccn([C@H]3[C@@H]4COCC34C)c2=O)nc2c(C(=O)N[C@@H]3CC[C@@H](OC)C3)cnn12. The largest absolute Gasteiger partial charge is 0.381 e. The first kappa shape index (κ1) is 23.0. The molecule has 0 radical (unpaired) electrons. The third kappa shape index (κ3) is 3.65. The van der Waals surface area contributed by atoms with E-state index in [9.17, 15) is 9.59 Å². The number of carbonyl (C=O) groups is 1. The number of pyridine rings is 1. The molecule has 3 fully saturated rings. The molecule has 0 spiro atoms. The molecule has 3 aliphatic rings. The van der Waals surface area contributed by atoms with Gasteiger partial charge in [-0.2, -0.15) is 9.61 Å². The smallest absolute Gasteiger partial charge is 0.274 e. The highest BCUT2D eigenvalue weighted by Crippen LogP contribution is 2.64. The molecule has 2 aliphatic carbocycles. The first-order chi connectivity index (χ1) is 17.4. The number of nitrogens with one attached hydrogen (secondary N) is 3. The molecule has 0 bridgehead atoms. The summed E-state index contributed by atoms with van der Waals surface area (Å²) in [5, 5.41) is 13.7. The second-order valence-electron chi connectivity index (χ2n) is 10.2. The van der Waals surface area contributed by atoms with Crippen LogP contribution < -0.4 is 21.5 Å². The molecule has 3 aromatic heterocycles. The van der Waals surface area contributed by atoms with Crippen LogP contribution in [0.25, 0.3) is 5.65 Å². The van der Waals surface area contributed by atoms with Crippen molar-refractivity contribution in [2.45, 2.75) is 44.4 Å². The molecule has 3 aromatic rings. The van der Waals surface area contributed by atoms with E-state index in [0.717, 1.165) is 19.3 Å². The molecule has 1 aliphatic heterocycles. The van der Waals surface area contributed by atoms with Crippen LogP contribution >= 0.6 is 0 Å². The standard InChI is InChI=1S/C25H31N7O4/c1-25-13-36-12-17(25)21(25)31-8-4-5-18(24(31)34)29-19-10-20(26-2)32-22(30-19)16(11-27-32)23(33)28-14-6-7-15(9-14)35-3/h4-5,8,10-11,14-15,17,21,26H,6-7,9,12-13H2,1-3H3,(H,28,33)(H,29,30)/t14-,15-,17+,21+,25?/m1/s1. The zero-order valence-corrected chi connectivity index (χ0v) is 20.7. The lowest BCUT2D eigenvalue weighted by molar-refractivity contribution is 0.0916. The number of methoxy groups -OCH3 is 1. The Kier molecular flexibility index (Phi) is 5.49. The van der Waals surface area contributed by atoms with Gasteiger partial charge in [0.1, 0.15) is 22.9 Å². The average Bonchev–Trinajstić information content (AvgIpc) is 3.36. The van der Waals surface area contributed by atoms with E-state index in [0.29, 0.717) is 47.7 Å². The number of aromatic nitrogens is 4. The van der Waals surface area contributed by atoms with E-state index in [1.807, 2.05) is 12.3 Å². The minimum absolute atomic E-state index is 0.0152. The molecule has 11 heteroatoms. The molecule has 11 nitrogen and oxygen atoms in total. The maximum atomic E-state index is 13.3. The van der Waals surface area contributed by atoms with Crippen molar-refractivity contribution in [1.29, 1.82) is 0 Å². The van der Waals surface area contributed by atoms with Crippen molar-refractivity contribution >= 4 is 28.9 Å². The number of rotatable bonds is 7. The average molecular weight is 494 g/mol. The summed E-state index contributed by atoms with van der Waals surface area (Å²) in [5.74, 6) is 1.22. The number of anilines is 3. The summed E-state index contributed by atoms with van der Waals surface area (Å²) in [6.45, 7) is 3.53.